The molecule has 3 rings (SSSR count). The topological polar surface area (TPSA) is 9.23 Å². The van der Waals surface area contributed by atoms with Crippen molar-refractivity contribution in [3.8, 4) is 5.75 Å². The first-order valence-electron chi connectivity index (χ1n) is 7.61. The van der Waals surface area contributed by atoms with Crippen LogP contribution in [0.1, 0.15) is 16.7 Å². The maximum atomic E-state index is 14.1. The van der Waals surface area contributed by atoms with E-state index in [9.17, 15) is 4.39 Å². The second kappa shape index (κ2) is 8.09. The van der Waals surface area contributed by atoms with Crippen molar-refractivity contribution in [3.63, 3.8) is 0 Å². The largest absolute Gasteiger partial charge is 0.489 e. The molecular formula is C20H14Cl3FO. The van der Waals surface area contributed by atoms with Crippen LogP contribution in [0, 0.1) is 5.82 Å². The van der Waals surface area contributed by atoms with Crippen LogP contribution in [0.25, 0.3) is 0 Å². The van der Waals surface area contributed by atoms with Gasteiger partial charge in [0.1, 0.15) is 18.2 Å². The Hall–Kier alpha value is -1.74. The van der Waals surface area contributed by atoms with Gasteiger partial charge in [-0.05, 0) is 47.5 Å². The van der Waals surface area contributed by atoms with Gasteiger partial charge in [0.25, 0.3) is 0 Å². The van der Waals surface area contributed by atoms with E-state index in [-0.39, 0.29) is 12.4 Å². The first kappa shape index (κ1) is 18.1. The summed E-state index contributed by atoms with van der Waals surface area (Å²) in [4.78, 5) is 0. The molecule has 0 radical (unpaired) electrons. The van der Waals surface area contributed by atoms with Crippen LogP contribution in [0.3, 0.4) is 0 Å². The lowest BCUT2D eigenvalue weighted by Crippen LogP contribution is -2.01. The van der Waals surface area contributed by atoms with Gasteiger partial charge in [-0.25, -0.2) is 4.39 Å². The van der Waals surface area contributed by atoms with Crippen LogP contribution in [-0.4, -0.2) is 0 Å². The third kappa shape index (κ3) is 4.66. The highest BCUT2D eigenvalue weighted by atomic mass is 35.5. The van der Waals surface area contributed by atoms with E-state index in [1.807, 2.05) is 24.3 Å². The molecule has 0 aromatic heterocycles. The van der Waals surface area contributed by atoms with Crippen LogP contribution in [0.15, 0.2) is 60.7 Å². The Balaban J connectivity index is 1.80. The van der Waals surface area contributed by atoms with Gasteiger partial charge in [0.2, 0.25) is 0 Å². The fourth-order valence-electron chi connectivity index (χ4n) is 2.47. The Labute approximate surface area is 160 Å². The molecule has 0 heterocycles. The quantitative estimate of drug-likeness (QED) is 0.454. The van der Waals surface area contributed by atoms with Crippen molar-refractivity contribution in [2.24, 2.45) is 0 Å². The number of hydrogen-bond donors (Lipinski definition) is 0. The summed E-state index contributed by atoms with van der Waals surface area (Å²) < 4.78 is 20.0. The lowest BCUT2D eigenvalue weighted by atomic mass is 10.0. The van der Waals surface area contributed by atoms with E-state index in [2.05, 4.69) is 0 Å². The molecule has 0 aliphatic heterocycles. The third-order valence-corrected chi connectivity index (χ3v) is 4.60. The van der Waals surface area contributed by atoms with Crippen LogP contribution in [0.4, 0.5) is 4.39 Å². The predicted molar refractivity (Wildman–Crippen MR) is 101 cm³/mol. The highest BCUT2D eigenvalue weighted by Gasteiger charge is 2.10. The Morgan fingerprint density at radius 2 is 1.48 bits per heavy atom. The summed E-state index contributed by atoms with van der Waals surface area (Å²) in [7, 11) is 0. The zero-order valence-electron chi connectivity index (χ0n) is 13.1. The zero-order valence-corrected chi connectivity index (χ0v) is 15.4. The molecule has 0 aliphatic rings. The van der Waals surface area contributed by atoms with Crippen LogP contribution in [0.5, 0.6) is 5.75 Å². The van der Waals surface area contributed by atoms with E-state index >= 15 is 0 Å². The van der Waals surface area contributed by atoms with E-state index in [0.717, 1.165) is 11.1 Å². The van der Waals surface area contributed by atoms with E-state index in [1.54, 1.807) is 30.3 Å². The van der Waals surface area contributed by atoms with E-state index < -0.39 is 0 Å². The van der Waals surface area contributed by atoms with Gasteiger partial charge >= 0.3 is 0 Å². The molecule has 0 fully saturated rings. The maximum Gasteiger partial charge on any atom is 0.128 e. The predicted octanol–water partition coefficient (Wildman–Crippen LogP) is 6.96. The summed E-state index contributed by atoms with van der Waals surface area (Å²) in [5.74, 6) is 0.341. The summed E-state index contributed by atoms with van der Waals surface area (Å²) in [5, 5.41) is 1.56. The normalized spacial score (nSPS) is 10.7. The van der Waals surface area contributed by atoms with Gasteiger partial charge in [0.15, 0.2) is 0 Å². The number of para-hydroxylation sites is 1. The highest BCUT2D eigenvalue weighted by Crippen LogP contribution is 2.27. The van der Waals surface area contributed by atoms with Gasteiger partial charge in [-0.1, -0.05) is 59.1 Å². The van der Waals surface area contributed by atoms with Gasteiger partial charge in [-0.15, -0.1) is 0 Å². The number of rotatable bonds is 5. The van der Waals surface area contributed by atoms with Crippen molar-refractivity contribution < 1.29 is 9.13 Å². The average Bonchev–Trinajstić information content (AvgIpc) is 2.59. The second-order valence-corrected chi connectivity index (χ2v) is 6.82. The Morgan fingerprint density at radius 1 is 0.760 bits per heavy atom. The second-order valence-electron chi connectivity index (χ2n) is 5.54. The number of hydrogen-bond acceptors (Lipinski definition) is 1. The molecule has 0 N–H and O–H groups in total. The van der Waals surface area contributed by atoms with Crippen molar-refractivity contribution in [2.45, 2.75) is 13.0 Å². The minimum Gasteiger partial charge on any atom is -0.489 e. The molecule has 0 atom stereocenters. The molecule has 0 spiro atoms. The van der Waals surface area contributed by atoms with Crippen LogP contribution < -0.4 is 4.74 Å². The monoisotopic (exact) mass is 394 g/mol. The standard InChI is InChI=1S/C20H14Cl3FO/c21-16-7-8-18(23)15(10-16)12-25-20-4-2-1-3-14(20)9-13-5-6-17(22)11-19(13)24/h1-8,10-11H,9,12H2. The minimum absolute atomic E-state index is 0.277. The fraction of sp³-hybridized carbons (Fsp3) is 0.100. The Morgan fingerprint density at radius 3 is 2.28 bits per heavy atom. The molecule has 0 amide bonds. The summed E-state index contributed by atoms with van der Waals surface area (Å²) in [6.07, 6.45) is 0.405. The Bertz CT molecular complexity index is 896. The summed E-state index contributed by atoms with van der Waals surface area (Å²) >= 11 is 18.0. The first-order valence-corrected chi connectivity index (χ1v) is 8.75. The molecule has 3 aromatic rings. The van der Waals surface area contributed by atoms with E-state index in [0.29, 0.717) is 32.8 Å². The average molecular weight is 396 g/mol. The van der Waals surface area contributed by atoms with Crippen molar-refractivity contribution >= 4 is 34.8 Å². The number of benzene rings is 3. The lowest BCUT2D eigenvalue weighted by Gasteiger charge is -2.13. The van der Waals surface area contributed by atoms with Crippen molar-refractivity contribution in [1.82, 2.24) is 0 Å². The molecule has 0 saturated heterocycles. The SMILES string of the molecule is Fc1cc(Cl)ccc1Cc1ccccc1OCc1cc(Cl)ccc1Cl. The maximum absolute atomic E-state index is 14.1. The van der Waals surface area contributed by atoms with Gasteiger partial charge < -0.3 is 4.74 Å². The lowest BCUT2D eigenvalue weighted by molar-refractivity contribution is 0.303. The van der Waals surface area contributed by atoms with Gasteiger partial charge in [-0.2, -0.15) is 0 Å². The zero-order chi connectivity index (χ0) is 17.8. The van der Waals surface area contributed by atoms with E-state index in [1.165, 1.54) is 6.07 Å². The smallest absolute Gasteiger partial charge is 0.128 e. The number of ether oxygens (including phenoxy) is 1. The molecule has 5 heteroatoms. The summed E-state index contributed by atoms with van der Waals surface area (Å²) in [6, 6.07) is 17.4. The third-order valence-electron chi connectivity index (χ3n) is 3.76. The first-order chi connectivity index (χ1) is 12.0. The van der Waals surface area contributed by atoms with Crippen molar-refractivity contribution in [2.75, 3.05) is 0 Å². The fourth-order valence-corrected chi connectivity index (χ4v) is 3.00. The van der Waals surface area contributed by atoms with Crippen LogP contribution in [-0.2, 0) is 13.0 Å². The molecule has 0 aliphatic carbocycles. The van der Waals surface area contributed by atoms with Gasteiger partial charge in [0.05, 0.1) is 0 Å². The number of halogens is 4. The molecule has 128 valence electrons. The highest BCUT2D eigenvalue weighted by molar-refractivity contribution is 6.33. The van der Waals surface area contributed by atoms with Crippen LogP contribution in [0.2, 0.25) is 15.1 Å². The summed E-state index contributed by atoms with van der Waals surface area (Å²) in [6.45, 7) is 0.277. The van der Waals surface area contributed by atoms with Crippen LogP contribution >= 0.6 is 34.8 Å². The molecule has 0 bridgehead atoms. The molecule has 1 nitrogen and oxygen atoms in total. The molecule has 0 saturated carbocycles. The summed E-state index contributed by atoms with van der Waals surface area (Å²) in [5.41, 5.74) is 2.23. The van der Waals surface area contributed by atoms with Crippen molar-refractivity contribution in [1.29, 1.82) is 0 Å². The molecular weight excluding hydrogens is 382 g/mol. The molecule has 3 aromatic carbocycles. The Kier molecular flexibility index (Phi) is 5.85. The van der Waals surface area contributed by atoms with Crippen molar-refractivity contribution in [3.05, 3.63) is 98.2 Å². The van der Waals surface area contributed by atoms with E-state index in [4.69, 9.17) is 39.5 Å². The molecule has 25 heavy (non-hydrogen) atoms. The minimum atomic E-state index is -0.333. The van der Waals surface area contributed by atoms with Gasteiger partial charge in [-0.3, -0.25) is 0 Å². The molecule has 0 unspecified atom stereocenters. The van der Waals surface area contributed by atoms with Gasteiger partial charge in [0, 0.05) is 27.1 Å².